The fourth-order valence-corrected chi connectivity index (χ4v) is 3.28. The van der Waals surface area contributed by atoms with E-state index in [0.29, 0.717) is 0 Å². The SMILES string of the molecule is CCCCCC(C)C(C)C(C)C(C)C(C)CCCC. The van der Waals surface area contributed by atoms with E-state index in [1.807, 2.05) is 0 Å². The van der Waals surface area contributed by atoms with Crippen molar-refractivity contribution < 1.29 is 0 Å². The monoisotopic (exact) mass is 268 g/mol. The summed E-state index contributed by atoms with van der Waals surface area (Å²) in [4.78, 5) is 0. The van der Waals surface area contributed by atoms with Crippen LogP contribution in [0.3, 0.4) is 0 Å². The lowest BCUT2D eigenvalue weighted by Gasteiger charge is -2.34. The van der Waals surface area contributed by atoms with Crippen molar-refractivity contribution in [1.82, 2.24) is 0 Å². The molecule has 0 aromatic heterocycles. The highest BCUT2D eigenvalue weighted by Gasteiger charge is 2.26. The topological polar surface area (TPSA) is 0 Å². The Morgan fingerprint density at radius 1 is 0.526 bits per heavy atom. The number of rotatable bonds is 11. The van der Waals surface area contributed by atoms with Gasteiger partial charge >= 0.3 is 0 Å². The van der Waals surface area contributed by atoms with Gasteiger partial charge in [0.2, 0.25) is 0 Å². The van der Waals surface area contributed by atoms with Crippen LogP contribution in [0.5, 0.6) is 0 Å². The zero-order valence-electron chi connectivity index (χ0n) is 14.8. The molecule has 0 aromatic rings. The highest BCUT2D eigenvalue weighted by molar-refractivity contribution is 4.76. The van der Waals surface area contributed by atoms with E-state index in [1.165, 1.54) is 44.9 Å². The Labute approximate surface area is 123 Å². The highest BCUT2D eigenvalue weighted by atomic mass is 14.3. The van der Waals surface area contributed by atoms with Crippen molar-refractivity contribution in [2.45, 2.75) is 93.4 Å². The first kappa shape index (κ1) is 19.0. The molecule has 5 unspecified atom stereocenters. The normalized spacial score (nSPS) is 19.7. The van der Waals surface area contributed by atoms with Gasteiger partial charge in [-0.1, -0.05) is 93.4 Å². The third kappa shape index (κ3) is 7.37. The first-order valence-corrected chi connectivity index (χ1v) is 8.95. The van der Waals surface area contributed by atoms with Gasteiger partial charge < -0.3 is 0 Å². The van der Waals surface area contributed by atoms with Crippen LogP contribution in [0.2, 0.25) is 0 Å². The van der Waals surface area contributed by atoms with Gasteiger partial charge in [-0.3, -0.25) is 0 Å². The Morgan fingerprint density at radius 2 is 0.947 bits per heavy atom. The lowest BCUT2D eigenvalue weighted by Crippen LogP contribution is -2.26. The molecule has 0 saturated heterocycles. The summed E-state index contributed by atoms with van der Waals surface area (Å²) in [6.07, 6.45) is 9.77. The van der Waals surface area contributed by atoms with Crippen molar-refractivity contribution in [3.05, 3.63) is 0 Å². The van der Waals surface area contributed by atoms with Crippen molar-refractivity contribution in [3.8, 4) is 0 Å². The minimum atomic E-state index is 0.864. The average molecular weight is 269 g/mol. The fraction of sp³-hybridized carbons (Fsp3) is 1.00. The first-order chi connectivity index (χ1) is 8.95. The van der Waals surface area contributed by atoms with Gasteiger partial charge in [0.15, 0.2) is 0 Å². The second-order valence-electron chi connectivity index (χ2n) is 7.17. The quantitative estimate of drug-likeness (QED) is 0.356. The van der Waals surface area contributed by atoms with E-state index in [1.54, 1.807) is 0 Å². The van der Waals surface area contributed by atoms with Crippen LogP contribution >= 0.6 is 0 Å². The standard InChI is InChI=1S/C19H40/c1-8-10-12-14-16(4)18(6)19(7)17(5)15(3)13-11-9-2/h15-19H,8-14H2,1-7H3. The third-order valence-electron chi connectivity index (χ3n) is 5.73. The number of hydrogen-bond donors (Lipinski definition) is 0. The summed E-state index contributed by atoms with van der Waals surface area (Å²) in [5.74, 6) is 4.39. The Morgan fingerprint density at radius 3 is 1.37 bits per heavy atom. The molecule has 0 spiro atoms. The molecule has 0 heterocycles. The van der Waals surface area contributed by atoms with E-state index in [2.05, 4.69) is 48.5 Å². The molecule has 0 saturated carbocycles. The van der Waals surface area contributed by atoms with Crippen molar-refractivity contribution >= 4 is 0 Å². The summed E-state index contributed by atoms with van der Waals surface area (Å²) in [5.41, 5.74) is 0. The van der Waals surface area contributed by atoms with E-state index in [0.717, 1.165) is 29.6 Å². The van der Waals surface area contributed by atoms with E-state index in [9.17, 15) is 0 Å². The molecule has 0 heteroatoms. The van der Waals surface area contributed by atoms with Gasteiger partial charge in [-0.25, -0.2) is 0 Å². The van der Waals surface area contributed by atoms with Gasteiger partial charge in [0.1, 0.15) is 0 Å². The maximum atomic E-state index is 2.49. The van der Waals surface area contributed by atoms with Gasteiger partial charge in [-0.2, -0.15) is 0 Å². The van der Waals surface area contributed by atoms with Gasteiger partial charge in [0.25, 0.3) is 0 Å². The predicted molar refractivity (Wildman–Crippen MR) is 89.5 cm³/mol. The van der Waals surface area contributed by atoms with Crippen LogP contribution in [-0.2, 0) is 0 Å². The second-order valence-corrected chi connectivity index (χ2v) is 7.17. The summed E-state index contributed by atoms with van der Waals surface area (Å²) in [6.45, 7) is 17.0. The van der Waals surface area contributed by atoms with Crippen LogP contribution in [0.25, 0.3) is 0 Å². The average Bonchev–Trinajstić information content (AvgIpc) is 2.42. The van der Waals surface area contributed by atoms with Crippen molar-refractivity contribution in [1.29, 1.82) is 0 Å². The Hall–Kier alpha value is 0. The van der Waals surface area contributed by atoms with Crippen molar-refractivity contribution in [2.24, 2.45) is 29.6 Å². The highest BCUT2D eigenvalue weighted by Crippen LogP contribution is 2.34. The molecule has 116 valence electrons. The maximum Gasteiger partial charge on any atom is -0.0386 e. The molecule has 5 atom stereocenters. The van der Waals surface area contributed by atoms with Crippen LogP contribution in [0, 0.1) is 29.6 Å². The van der Waals surface area contributed by atoms with Crippen LogP contribution in [0.1, 0.15) is 93.4 Å². The molecule has 0 fully saturated rings. The van der Waals surface area contributed by atoms with Crippen molar-refractivity contribution in [3.63, 3.8) is 0 Å². The van der Waals surface area contributed by atoms with Crippen LogP contribution in [-0.4, -0.2) is 0 Å². The summed E-state index contributed by atoms with van der Waals surface area (Å²) in [6, 6.07) is 0. The summed E-state index contributed by atoms with van der Waals surface area (Å²) in [7, 11) is 0. The number of hydrogen-bond acceptors (Lipinski definition) is 0. The molecule has 0 bridgehead atoms. The van der Waals surface area contributed by atoms with Crippen molar-refractivity contribution in [2.75, 3.05) is 0 Å². The van der Waals surface area contributed by atoms with Crippen LogP contribution in [0.15, 0.2) is 0 Å². The van der Waals surface area contributed by atoms with E-state index in [-0.39, 0.29) is 0 Å². The van der Waals surface area contributed by atoms with E-state index < -0.39 is 0 Å². The fourth-order valence-electron chi connectivity index (χ4n) is 3.28. The zero-order chi connectivity index (χ0) is 14.8. The summed E-state index contributed by atoms with van der Waals surface area (Å²) in [5, 5.41) is 0. The molecular formula is C19H40. The largest absolute Gasteiger partial charge is 0.0654 e. The van der Waals surface area contributed by atoms with Crippen LogP contribution < -0.4 is 0 Å². The lowest BCUT2D eigenvalue weighted by molar-refractivity contribution is 0.156. The molecule has 0 radical (unpaired) electrons. The van der Waals surface area contributed by atoms with Gasteiger partial charge in [0.05, 0.1) is 0 Å². The molecule has 0 rings (SSSR count). The molecule has 0 nitrogen and oxygen atoms in total. The van der Waals surface area contributed by atoms with Gasteiger partial charge in [-0.05, 0) is 29.6 Å². The second kappa shape index (κ2) is 10.7. The minimum Gasteiger partial charge on any atom is -0.0654 e. The van der Waals surface area contributed by atoms with Crippen LogP contribution in [0.4, 0.5) is 0 Å². The molecule has 0 aliphatic carbocycles. The Kier molecular flexibility index (Phi) is 10.7. The molecule has 0 aromatic carbocycles. The van der Waals surface area contributed by atoms with Gasteiger partial charge in [-0.15, -0.1) is 0 Å². The summed E-state index contributed by atoms with van der Waals surface area (Å²) >= 11 is 0. The minimum absolute atomic E-state index is 0.864. The maximum absolute atomic E-state index is 2.49. The Balaban J connectivity index is 4.17. The molecular weight excluding hydrogens is 228 g/mol. The lowest BCUT2D eigenvalue weighted by atomic mass is 9.72. The van der Waals surface area contributed by atoms with Gasteiger partial charge in [0, 0.05) is 0 Å². The first-order valence-electron chi connectivity index (χ1n) is 8.95. The molecule has 0 aliphatic heterocycles. The Bertz CT molecular complexity index is 196. The molecule has 0 amide bonds. The smallest absolute Gasteiger partial charge is 0.0386 e. The predicted octanol–water partition coefficient (Wildman–Crippen LogP) is 6.94. The van der Waals surface area contributed by atoms with E-state index in [4.69, 9.17) is 0 Å². The molecule has 19 heavy (non-hydrogen) atoms. The van der Waals surface area contributed by atoms with E-state index >= 15 is 0 Å². The third-order valence-corrected chi connectivity index (χ3v) is 5.73. The zero-order valence-corrected chi connectivity index (χ0v) is 14.8. The molecule has 0 N–H and O–H groups in total. The summed E-state index contributed by atoms with van der Waals surface area (Å²) < 4.78 is 0. The number of unbranched alkanes of at least 4 members (excludes halogenated alkanes) is 3. The molecule has 0 aliphatic rings.